The zero-order valence-electron chi connectivity index (χ0n) is 14.9. The molecule has 0 radical (unpaired) electrons. The van der Waals surface area contributed by atoms with Gasteiger partial charge in [-0.2, -0.15) is 0 Å². The summed E-state index contributed by atoms with van der Waals surface area (Å²) in [5.74, 6) is 1.48. The van der Waals surface area contributed by atoms with E-state index in [0.29, 0.717) is 29.0 Å². The molecule has 0 spiro atoms. The fourth-order valence-electron chi connectivity index (χ4n) is 2.16. The van der Waals surface area contributed by atoms with E-state index >= 15 is 0 Å². The molecule has 0 atom stereocenters. The van der Waals surface area contributed by atoms with Crippen LogP contribution in [0.5, 0.6) is 11.5 Å². The van der Waals surface area contributed by atoms with Gasteiger partial charge in [-0.3, -0.25) is 9.59 Å². The number of carbonyl (C=O) groups excluding carboxylic acids is 1. The monoisotopic (exact) mass is 352 g/mol. The third-order valence-electron chi connectivity index (χ3n) is 3.26. The van der Waals surface area contributed by atoms with E-state index in [2.05, 4.69) is 6.58 Å². The molecule has 0 bridgehead atoms. The number of ether oxygens (including phenoxy) is 2. The van der Waals surface area contributed by atoms with Gasteiger partial charge in [0, 0.05) is 11.6 Å². The summed E-state index contributed by atoms with van der Waals surface area (Å²) in [6.07, 6.45) is 0. The van der Waals surface area contributed by atoms with Gasteiger partial charge >= 0.3 is 0 Å². The quantitative estimate of drug-likeness (QED) is 0.508. The van der Waals surface area contributed by atoms with Crippen LogP contribution < -0.4 is 14.9 Å². The van der Waals surface area contributed by atoms with E-state index in [1.165, 1.54) is 17.7 Å². The first kappa shape index (κ1) is 19.0. The molecule has 134 valence electrons. The van der Waals surface area contributed by atoms with Gasteiger partial charge in [-0.25, -0.2) is 0 Å². The van der Waals surface area contributed by atoms with Gasteiger partial charge in [-0.1, -0.05) is 5.57 Å². The smallest absolute Gasteiger partial charge is 0.298 e. The third kappa shape index (κ3) is 4.83. The van der Waals surface area contributed by atoms with Crippen LogP contribution in [-0.2, 0) is 4.79 Å². The number of benzene rings is 2. The third-order valence-corrected chi connectivity index (χ3v) is 3.26. The van der Waals surface area contributed by atoms with Gasteiger partial charge in [0.25, 0.3) is 6.47 Å². The van der Waals surface area contributed by atoms with Gasteiger partial charge in [0.2, 0.25) is 0 Å². The predicted octanol–water partition coefficient (Wildman–Crippen LogP) is 4.59. The Morgan fingerprint density at radius 1 is 1.04 bits per heavy atom. The molecule has 0 saturated heterocycles. The fourth-order valence-corrected chi connectivity index (χ4v) is 2.16. The number of allylic oxidation sites excluding steroid dienone is 1. The van der Waals surface area contributed by atoms with E-state index in [9.17, 15) is 9.59 Å². The van der Waals surface area contributed by atoms with Crippen molar-refractivity contribution < 1.29 is 18.7 Å². The highest BCUT2D eigenvalue weighted by Crippen LogP contribution is 2.25. The molecule has 0 aliphatic rings. The highest BCUT2D eigenvalue weighted by molar-refractivity contribution is 5.80. The second kappa shape index (κ2) is 8.67. The maximum Gasteiger partial charge on any atom is 0.298 e. The molecule has 0 aliphatic carbocycles. The van der Waals surface area contributed by atoms with Crippen molar-refractivity contribution in [1.82, 2.24) is 0 Å². The largest absolute Gasteiger partial charge is 0.497 e. The number of carbonyl (C=O) groups is 1. The Kier molecular flexibility index (Phi) is 6.33. The van der Waals surface area contributed by atoms with Gasteiger partial charge in [0.05, 0.1) is 12.5 Å². The molecule has 5 heteroatoms. The lowest BCUT2D eigenvalue weighted by Gasteiger charge is -2.05. The molecule has 5 nitrogen and oxygen atoms in total. The second-order valence-electron chi connectivity index (χ2n) is 5.78. The van der Waals surface area contributed by atoms with Crippen LogP contribution in [0.25, 0.3) is 22.3 Å². The van der Waals surface area contributed by atoms with Crippen LogP contribution in [0.3, 0.4) is 0 Å². The number of fused-ring (bicyclic) bond motifs is 1. The van der Waals surface area contributed by atoms with Crippen LogP contribution in [0.2, 0.25) is 0 Å². The molecule has 1 aromatic heterocycles. The number of rotatable bonds is 4. The van der Waals surface area contributed by atoms with Crippen molar-refractivity contribution >= 4 is 17.4 Å². The lowest BCUT2D eigenvalue weighted by atomic mass is 10.1. The number of hydrogen-bond donors (Lipinski definition) is 0. The Labute approximate surface area is 151 Å². The minimum Gasteiger partial charge on any atom is -0.497 e. The normalized spacial score (nSPS) is 9.81. The average molecular weight is 352 g/mol. The molecule has 0 aliphatic heterocycles. The lowest BCUT2D eigenvalue weighted by Crippen LogP contribution is -2.01. The second-order valence-corrected chi connectivity index (χ2v) is 5.78. The lowest BCUT2D eigenvalue weighted by molar-refractivity contribution is -0.120. The summed E-state index contributed by atoms with van der Waals surface area (Å²) in [6.45, 7) is 7.81. The summed E-state index contributed by atoms with van der Waals surface area (Å²) in [4.78, 5) is 22.6. The maximum absolute atomic E-state index is 12.2. The molecular formula is C21H20O5. The molecule has 0 saturated carbocycles. The predicted molar refractivity (Wildman–Crippen MR) is 102 cm³/mol. The molecule has 1 heterocycles. The summed E-state index contributed by atoms with van der Waals surface area (Å²) >= 11 is 0. The SMILES string of the molecule is C=C(C)C.COc1ccc(-c2cc(=O)c3cc(OC=O)ccc3o2)cc1. The first-order valence-electron chi connectivity index (χ1n) is 7.89. The van der Waals surface area contributed by atoms with E-state index in [-0.39, 0.29) is 5.43 Å². The van der Waals surface area contributed by atoms with E-state index in [1.54, 1.807) is 31.4 Å². The number of methoxy groups -OCH3 is 1. The van der Waals surface area contributed by atoms with E-state index in [4.69, 9.17) is 13.9 Å². The minimum atomic E-state index is -0.205. The van der Waals surface area contributed by atoms with Crippen LogP contribution in [0, 0.1) is 0 Å². The maximum atomic E-state index is 12.2. The Morgan fingerprint density at radius 2 is 1.65 bits per heavy atom. The molecule has 3 aromatic rings. The summed E-state index contributed by atoms with van der Waals surface area (Å²) < 4.78 is 15.6. The Hall–Kier alpha value is -3.34. The van der Waals surface area contributed by atoms with Gasteiger partial charge in [0.1, 0.15) is 22.8 Å². The highest BCUT2D eigenvalue weighted by Gasteiger charge is 2.08. The van der Waals surface area contributed by atoms with Crippen LogP contribution in [0.15, 0.2) is 69.9 Å². The van der Waals surface area contributed by atoms with Crippen molar-refractivity contribution in [1.29, 1.82) is 0 Å². The van der Waals surface area contributed by atoms with Crippen LogP contribution in [0.4, 0.5) is 0 Å². The topological polar surface area (TPSA) is 65.7 Å². The van der Waals surface area contributed by atoms with Crippen molar-refractivity contribution in [3.8, 4) is 22.8 Å². The first-order chi connectivity index (χ1) is 12.4. The van der Waals surface area contributed by atoms with Crippen molar-refractivity contribution in [3.63, 3.8) is 0 Å². The molecule has 2 aromatic carbocycles. The zero-order valence-corrected chi connectivity index (χ0v) is 14.9. The van der Waals surface area contributed by atoms with Gasteiger partial charge in [-0.05, 0) is 56.3 Å². The van der Waals surface area contributed by atoms with Gasteiger partial charge < -0.3 is 13.9 Å². The Morgan fingerprint density at radius 3 is 2.23 bits per heavy atom. The van der Waals surface area contributed by atoms with Crippen LogP contribution in [0.1, 0.15) is 13.8 Å². The Balaban J connectivity index is 0.000000552. The molecular weight excluding hydrogens is 332 g/mol. The van der Waals surface area contributed by atoms with Crippen molar-refractivity contribution in [2.75, 3.05) is 7.11 Å². The van der Waals surface area contributed by atoms with Crippen molar-refractivity contribution in [2.45, 2.75) is 13.8 Å². The van der Waals surface area contributed by atoms with Gasteiger partial charge in [0.15, 0.2) is 5.43 Å². The molecule has 0 amide bonds. The van der Waals surface area contributed by atoms with Gasteiger partial charge in [-0.15, -0.1) is 6.58 Å². The van der Waals surface area contributed by atoms with E-state index in [1.807, 2.05) is 26.0 Å². The van der Waals surface area contributed by atoms with E-state index < -0.39 is 0 Å². The van der Waals surface area contributed by atoms with Crippen LogP contribution >= 0.6 is 0 Å². The zero-order chi connectivity index (χ0) is 19.1. The molecule has 3 rings (SSSR count). The minimum absolute atomic E-state index is 0.205. The van der Waals surface area contributed by atoms with Crippen molar-refractivity contribution in [2.24, 2.45) is 0 Å². The van der Waals surface area contributed by atoms with E-state index in [0.717, 1.165) is 11.3 Å². The summed E-state index contributed by atoms with van der Waals surface area (Å²) in [5.41, 5.74) is 2.16. The molecule has 0 N–H and O–H groups in total. The summed E-state index contributed by atoms with van der Waals surface area (Å²) in [5, 5.41) is 0.358. The van der Waals surface area contributed by atoms with Crippen molar-refractivity contribution in [3.05, 3.63) is 70.9 Å². The summed E-state index contributed by atoms with van der Waals surface area (Å²) in [6, 6.07) is 13.3. The standard InChI is InChI=1S/C17H12O5.C4H8/c1-20-12-4-2-11(3-5-12)17-9-15(19)14-8-13(21-10-18)6-7-16(14)22-17;1-4(2)3/h2-10H,1H3;1H2,2-3H3. The van der Waals surface area contributed by atoms with Crippen LogP contribution in [-0.4, -0.2) is 13.6 Å². The molecule has 0 unspecified atom stereocenters. The first-order valence-corrected chi connectivity index (χ1v) is 7.89. The Bertz CT molecular complexity index is 964. The molecule has 26 heavy (non-hydrogen) atoms. The summed E-state index contributed by atoms with van der Waals surface area (Å²) in [7, 11) is 1.59. The average Bonchev–Trinajstić information content (AvgIpc) is 2.62. The number of hydrogen-bond acceptors (Lipinski definition) is 5. The fraction of sp³-hybridized carbons (Fsp3) is 0.143. The highest BCUT2D eigenvalue weighted by atomic mass is 16.5. The molecule has 0 fully saturated rings.